The van der Waals surface area contributed by atoms with Gasteiger partial charge in [0, 0.05) is 6.42 Å². The highest BCUT2D eigenvalue weighted by atomic mass is 32.1. The Balaban J connectivity index is 2.57. The molecule has 2 N–H and O–H groups in total. The number of aryl methyl sites for hydroxylation is 2. The van der Waals surface area contributed by atoms with Crippen LogP contribution in [0.15, 0.2) is 29.1 Å². The first-order chi connectivity index (χ1) is 9.50. The summed E-state index contributed by atoms with van der Waals surface area (Å²) in [6.45, 7) is 1.87. The quantitative estimate of drug-likeness (QED) is 0.836. The van der Waals surface area contributed by atoms with Crippen molar-refractivity contribution in [3.8, 4) is 5.69 Å². The number of benzene rings is 1. The number of nitrogens with one attached hydrogen (secondary N) is 1. The van der Waals surface area contributed by atoms with E-state index in [9.17, 15) is 9.59 Å². The van der Waals surface area contributed by atoms with Gasteiger partial charge in [0.05, 0.1) is 12.1 Å². The molecule has 0 amide bonds. The average Bonchev–Trinajstić information content (AvgIpc) is 2.40. The SMILES string of the molecule is Cc1ccccc1-n1c(=S)[nH]nc(CCC(=O)O)c1=O. The zero-order chi connectivity index (χ0) is 14.7. The third-order valence-corrected chi connectivity index (χ3v) is 3.15. The largest absolute Gasteiger partial charge is 0.481 e. The number of rotatable bonds is 4. The van der Waals surface area contributed by atoms with Crippen molar-refractivity contribution in [1.82, 2.24) is 14.8 Å². The maximum absolute atomic E-state index is 12.4. The molecule has 6 nitrogen and oxygen atoms in total. The molecule has 2 aromatic rings. The lowest BCUT2D eigenvalue weighted by molar-refractivity contribution is -0.136. The van der Waals surface area contributed by atoms with E-state index in [1.165, 1.54) is 4.57 Å². The molecule has 7 heteroatoms. The van der Waals surface area contributed by atoms with Crippen molar-refractivity contribution in [2.75, 3.05) is 0 Å². The number of H-pyrrole nitrogens is 1. The molecule has 0 aliphatic heterocycles. The number of aromatic nitrogens is 3. The number of carbonyl (C=O) groups is 1. The van der Waals surface area contributed by atoms with Gasteiger partial charge >= 0.3 is 5.97 Å². The van der Waals surface area contributed by atoms with E-state index < -0.39 is 5.97 Å². The van der Waals surface area contributed by atoms with Crippen LogP contribution < -0.4 is 5.56 Å². The number of hydrogen-bond donors (Lipinski definition) is 2. The average molecular weight is 291 g/mol. The maximum Gasteiger partial charge on any atom is 0.303 e. The standard InChI is InChI=1S/C13H13N3O3S/c1-8-4-2-3-5-10(8)16-12(19)9(6-7-11(17)18)14-15-13(16)20/h2-5H,6-7H2,1H3,(H,15,20)(H,17,18). The van der Waals surface area contributed by atoms with E-state index in [2.05, 4.69) is 10.2 Å². The molecule has 0 fully saturated rings. The normalized spacial score (nSPS) is 10.4. The number of aliphatic carboxylic acids is 1. The number of para-hydroxylation sites is 1. The highest BCUT2D eigenvalue weighted by Gasteiger charge is 2.11. The molecule has 104 valence electrons. The predicted octanol–water partition coefficient (Wildman–Crippen LogP) is 1.62. The van der Waals surface area contributed by atoms with Gasteiger partial charge in [-0.3, -0.25) is 19.3 Å². The molecule has 1 aromatic heterocycles. The van der Waals surface area contributed by atoms with Crippen LogP contribution in [0.5, 0.6) is 0 Å². The first-order valence-corrected chi connectivity index (χ1v) is 6.40. The molecular weight excluding hydrogens is 278 g/mol. The van der Waals surface area contributed by atoms with E-state index in [0.717, 1.165) is 5.56 Å². The maximum atomic E-state index is 12.4. The van der Waals surface area contributed by atoms with Gasteiger partial charge < -0.3 is 5.11 Å². The summed E-state index contributed by atoms with van der Waals surface area (Å²) < 4.78 is 1.53. The highest BCUT2D eigenvalue weighted by molar-refractivity contribution is 7.71. The van der Waals surface area contributed by atoms with Gasteiger partial charge in [-0.2, -0.15) is 5.10 Å². The molecule has 0 bridgehead atoms. The summed E-state index contributed by atoms with van der Waals surface area (Å²) in [5.74, 6) is -0.976. The second kappa shape index (κ2) is 5.79. The van der Waals surface area contributed by atoms with E-state index >= 15 is 0 Å². The van der Waals surface area contributed by atoms with Crippen molar-refractivity contribution in [2.45, 2.75) is 19.8 Å². The Bertz CT molecular complexity index is 764. The third-order valence-electron chi connectivity index (χ3n) is 2.87. The molecule has 0 atom stereocenters. The fourth-order valence-corrected chi connectivity index (χ4v) is 2.08. The van der Waals surface area contributed by atoms with Crippen LogP contribution in [0.4, 0.5) is 0 Å². The number of aromatic amines is 1. The van der Waals surface area contributed by atoms with Crippen LogP contribution in [-0.2, 0) is 11.2 Å². The van der Waals surface area contributed by atoms with Gasteiger partial charge in [0.25, 0.3) is 5.56 Å². The van der Waals surface area contributed by atoms with Gasteiger partial charge in [0.1, 0.15) is 5.69 Å². The monoisotopic (exact) mass is 291 g/mol. The number of carboxylic acid groups (broad SMARTS) is 1. The van der Waals surface area contributed by atoms with Crippen LogP contribution >= 0.6 is 12.2 Å². The molecular formula is C13H13N3O3S. The van der Waals surface area contributed by atoms with Gasteiger partial charge in [-0.05, 0) is 30.8 Å². The lowest BCUT2D eigenvalue weighted by atomic mass is 10.2. The number of hydrogen-bond acceptors (Lipinski definition) is 4. The second-order valence-corrected chi connectivity index (χ2v) is 4.68. The molecule has 1 heterocycles. The van der Waals surface area contributed by atoms with Crippen LogP contribution in [0.2, 0.25) is 0 Å². The molecule has 0 saturated heterocycles. The Morgan fingerprint density at radius 3 is 2.80 bits per heavy atom. The Morgan fingerprint density at radius 1 is 1.45 bits per heavy atom. The summed E-state index contributed by atoms with van der Waals surface area (Å²) in [6.07, 6.45) is -0.0905. The zero-order valence-corrected chi connectivity index (χ0v) is 11.6. The Kier molecular flexibility index (Phi) is 4.09. The van der Waals surface area contributed by atoms with Gasteiger partial charge in [-0.1, -0.05) is 18.2 Å². The first-order valence-electron chi connectivity index (χ1n) is 5.99. The molecule has 0 aliphatic carbocycles. The van der Waals surface area contributed by atoms with Crippen molar-refractivity contribution >= 4 is 18.2 Å². The van der Waals surface area contributed by atoms with E-state index in [1.807, 2.05) is 19.1 Å². The number of nitrogens with zero attached hydrogens (tertiary/aromatic N) is 2. The van der Waals surface area contributed by atoms with E-state index in [-0.39, 0.29) is 28.9 Å². The van der Waals surface area contributed by atoms with Gasteiger partial charge in [-0.25, -0.2) is 0 Å². The smallest absolute Gasteiger partial charge is 0.303 e. The molecule has 0 saturated carbocycles. The second-order valence-electron chi connectivity index (χ2n) is 4.30. The predicted molar refractivity (Wildman–Crippen MR) is 75.7 cm³/mol. The molecule has 0 aliphatic rings. The van der Waals surface area contributed by atoms with Crippen LogP contribution in [0.3, 0.4) is 0 Å². The van der Waals surface area contributed by atoms with Crippen LogP contribution in [0, 0.1) is 11.7 Å². The van der Waals surface area contributed by atoms with Crippen LogP contribution in [-0.4, -0.2) is 25.8 Å². The van der Waals surface area contributed by atoms with Gasteiger partial charge in [0.2, 0.25) is 4.77 Å². The van der Waals surface area contributed by atoms with Crippen LogP contribution in [0.1, 0.15) is 17.7 Å². The topological polar surface area (TPSA) is 88.0 Å². The fourth-order valence-electron chi connectivity index (χ4n) is 1.86. The Morgan fingerprint density at radius 2 is 2.15 bits per heavy atom. The highest BCUT2D eigenvalue weighted by Crippen LogP contribution is 2.11. The molecule has 1 aromatic carbocycles. The van der Waals surface area contributed by atoms with Crippen molar-refractivity contribution in [3.05, 3.63) is 50.6 Å². The summed E-state index contributed by atoms with van der Waals surface area (Å²) in [5.41, 5.74) is 1.33. The molecule has 0 spiro atoms. The minimum absolute atomic E-state index is 0.0617. The van der Waals surface area contributed by atoms with Gasteiger partial charge in [-0.15, -0.1) is 0 Å². The third kappa shape index (κ3) is 2.83. The lowest BCUT2D eigenvalue weighted by Crippen LogP contribution is -2.27. The molecule has 0 unspecified atom stereocenters. The van der Waals surface area contributed by atoms with Crippen LogP contribution in [0.25, 0.3) is 5.69 Å². The summed E-state index contributed by atoms with van der Waals surface area (Å²) in [4.78, 5) is 23.0. The van der Waals surface area contributed by atoms with E-state index in [0.29, 0.717) is 5.69 Å². The van der Waals surface area contributed by atoms with Gasteiger partial charge in [0.15, 0.2) is 0 Å². The minimum Gasteiger partial charge on any atom is -0.481 e. The van der Waals surface area contributed by atoms with Crippen molar-refractivity contribution in [1.29, 1.82) is 0 Å². The summed E-state index contributed by atoms with van der Waals surface area (Å²) in [6, 6.07) is 7.32. The first kappa shape index (κ1) is 14.1. The lowest BCUT2D eigenvalue weighted by Gasteiger charge is -2.09. The van der Waals surface area contributed by atoms with Crippen molar-refractivity contribution in [3.63, 3.8) is 0 Å². The molecule has 20 heavy (non-hydrogen) atoms. The Hall–Kier alpha value is -2.28. The van der Waals surface area contributed by atoms with Crippen molar-refractivity contribution in [2.24, 2.45) is 0 Å². The summed E-state index contributed by atoms with van der Waals surface area (Å²) in [5, 5.41) is 15.1. The fraction of sp³-hybridized carbons (Fsp3) is 0.231. The Labute approximate surface area is 119 Å². The number of carboxylic acids is 1. The zero-order valence-electron chi connectivity index (χ0n) is 10.8. The molecule has 0 radical (unpaired) electrons. The van der Waals surface area contributed by atoms with Crippen molar-refractivity contribution < 1.29 is 9.90 Å². The minimum atomic E-state index is -0.976. The van der Waals surface area contributed by atoms with E-state index in [4.69, 9.17) is 17.3 Å². The molecule has 2 rings (SSSR count). The van der Waals surface area contributed by atoms with E-state index in [1.54, 1.807) is 12.1 Å². The summed E-state index contributed by atoms with van der Waals surface area (Å²) >= 11 is 5.11. The summed E-state index contributed by atoms with van der Waals surface area (Å²) in [7, 11) is 0.